The first kappa shape index (κ1) is 14.1. The largest absolute Gasteiger partial charge is 0.508 e. The fourth-order valence-electron chi connectivity index (χ4n) is 1.46. The maximum absolute atomic E-state index is 11.0. The molecule has 0 saturated carbocycles. The van der Waals surface area contributed by atoms with E-state index >= 15 is 0 Å². The molecule has 3 N–H and O–H groups in total. The van der Waals surface area contributed by atoms with Crippen LogP contribution in [0.5, 0.6) is 5.75 Å². The summed E-state index contributed by atoms with van der Waals surface area (Å²) in [6, 6.07) is 3.84. The van der Waals surface area contributed by atoms with Gasteiger partial charge in [0.25, 0.3) is 0 Å². The standard InChI is InChI=1S/C12H14O6/c1-18-11(16)5-10(15)12(17)8-4-7(6-13)2-3-9(8)14/h2-4,6,10,12,14-15,17H,5H2,1H3. The van der Waals surface area contributed by atoms with Crippen LogP contribution in [0.25, 0.3) is 0 Å². The van der Waals surface area contributed by atoms with Crippen molar-refractivity contribution in [3.05, 3.63) is 29.3 Å². The SMILES string of the molecule is COC(=O)CC(O)C(O)c1cc(C=O)ccc1O. The third-order valence-corrected chi connectivity index (χ3v) is 2.47. The zero-order valence-corrected chi connectivity index (χ0v) is 9.74. The maximum atomic E-state index is 11.0. The number of carbonyl (C=O) groups excluding carboxylic acids is 2. The molecule has 0 aliphatic heterocycles. The molecule has 6 nitrogen and oxygen atoms in total. The summed E-state index contributed by atoms with van der Waals surface area (Å²) in [4.78, 5) is 21.5. The number of aldehydes is 1. The molecular formula is C12H14O6. The fourth-order valence-corrected chi connectivity index (χ4v) is 1.46. The van der Waals surface area contributed by atoms with Crippen molar-refractivity contribution < 1.29 is 29.6 Å². The van der Waals surface area contributed by atoms with Gasteiger partial charge < -0.3 is 20.1 Å². The second-order valence-electron chi connectivity index (χ2n) is 3.73. The van der Waals surface area contributed by atoms with E-state index in [1.807, 2.05) is 0 Å². The number of hydrogen-bond donors (Lipinski definition) is 3. The van der Waals surface area contributed by atoms with Gasteiger partial charge in [-0.25, -0.2) is 0 Å². The third-order valence-electron chi connectivity index (χ3n) is 2.47. The molecule has 1 aromatic carbocycles. The Morgan fingerprint density at radius 2 is 2.11 bits per heavy atom. The van der Waals surface area contributed by atoms with Gasteiger partial charge in [0.1, 0.15) is 18.1 Å². The number of hydrogen-bond acceptors (Lipinski definition) is 6. The highest BCUT2D eigenvalue weighted by Crippen LogP contribution is 2.28. The van der Waals surface area contributed by atoms with Crippen molar-refractivity contribution in [2.24, 2.45) is 0 Å². The molecule has 98 valence electrons. The zero-order chi connectivity index (χ0) is 13.7. The van der Waals surface area contributed by atoms with Crippen molar-refractivity contribution in [2.75, 3.05) is 7.11 Å². The number of ether oxygens (including phenoxy) is 1. The van der Waals surface area contributed by atoms with Gasteiger partial charge in [0.2, 0.25) is 0 Å². The van der Waals surface area contributed by atoms with Gasteiger partial charge in [0, 0.05) is 11.1 Å². The highest BCUT2D eigenvalue weighted by molar-refractivity contribution is 5.75. The number of phenolic OH excluding ortho intramolecular Hbond substituents is 1. The highest BCUT2D eigenvalue weighted by atomic mass is 16.5. The number of carbonyl (C=O) groups is 2. The van der Waals surface area contributed by atoms with Crippen molar-refractivity contribution in [3.8, 4) is 5.75 Å². The molecule has 0 saturated heterocycles. The normalized spacial score (nSPS) is 13.7. The molecule has 0 bridgehead atoms. The number of esters is 1. The number of phenols is 1. The van der Waals surface area contributed by atoms with Crippen LogP contribution in [0.4, 0.5) is 0 Å². The van der Waals surface area contributed by atoms with Crippen LogP contribution < -0.4 is 0 Å². The second-order valence-corrected chi connectivity index (χ2v) is 3.73. The average Bonchev–Trinajstić information content (AvgIpc) is 2.38. The van der Waals surface area contributed by atoms with Crippen molar-refractivity contribution >= 4 is 12.3 Å². The summed E-state index contributed by atoms with van der Waals surface area (Å²) in [5, 5.41) is 28.9. The Labute approximate surface area is 103 Å². The summed E-state index contributed by atoms with van der Waals surface area (Å²) in [7, 11) is 1.16. The smallest absolute Gasteiger partial charge is 0.308 e. The molecule has 0 radical (unpaired) electrons. The Balaban J connectivity index is 2.91. The van der Waals surface area contributed by atoms with Gasteiger partial charge >= 0.3 is 5.97 Å². The summed E-state index contributed by atoms with van der Waals surface area (Å²) >= 11 is 0. The molecule has 0 aliphatic carbocycles. The maximum Gasteiger partial charge on any atom is 0.308 e. The lowest BCUT2D eigenvalue weighted by molar-refractivity contribution is -0.144. The lowest BCUT2D eigenvalue weighted by Gasteiger charge is -2.18. The van der Waals surface area contributed by atoms with E-state index in [2.05, 4.69) is 4.74 Å². The van der Waals surface area contributed by atoms with E-state index in [0.29, 0.717) is 6.29 Å². The summed E-state index contributed by atoms with van der Waals surface area (Å²) in [6.07, 6.45) is -2.78. The molecule has 1 aromatic rings. The molecule has 6 heteroatoms. The van der Waals surface area contributed by atoms with Crippen LogP contribution in [0.15, 0.2) is 18.2 Å². The number of benzene rings is 1. The van der Waals surface area contributed by atoms with Gasteiger partial charge in [-0.1, -0.05) is 0 Å². The zero-order valence-electron chi connectivity index (χ0n) is 9.74. The first-order valence-corrected chi connectivity index (χ1v) is 5.20. The van der Waals surface area contributed by atoms with Crippen molar-refractivity contribution in [2.45, 2.75) is 18.6 Å². The lowest BCUT2D eigenvalue weighted by Crippen LogP contribution is -2.22. The molecule has 0 fully saturated rings. The third kappa shape index (κ3) is 3.28. The minimum Gasteiger partial charge on any atom is -0.508 e. The average molecular weight is 254 g/mol. The molecule has 2 unspecified atom stereocenters. The highest BCUT2D eigenvalue weighted by Gasteiger charge is 2.24. The van der Waals surface area contributed by atoms with Gasteiger partial charge in [-0.3, -0.25) is 9.59 Å². The van der Waals surface area contributed by atoms with Crippen molar-refractivity contribution in [1.29, 1.82) is 0 Å². The van der Waals surface area contributed by atoms with E-state index < -0.39 is 24.6 Å². The van der Waals surface area contributed by atoms with Crippen molar-refractivity contribution in [1.82, 2.24) is 0 Å². The Bertz CT molecular complexity index is 442. The molecule has 0 spiro atoms. The molecule has 0 aromatic heterocycles. The number of aliphatic hydroxyl groups excluding tert-OH is 2. The van der Waals surface area contributed by atoms with Gasteiger partial charge in [0.15, 0.2) is 0 Å². The Morgan fingerprint density at radius 3 is 2.67 bits per heavy atom. The quantitative estimate of drug-likeness (QED) is 0.511. The van der Waals surface area contributed by atoms with E-state index in [-0.39, 0.29) is 16.9 Å². The minimum absolute atomic E-state index is 0.0176. The summed E-state index contributed by atoms with van der Waals surface area (Å²) in [5.41, 5.74) is 0.225. The second kappa shape index (κ2) is 6.13. The van der Waals surface area contributed by atoms with Gasteiger partial charge in [-0.15, -0.1) is 0 Å². The van der Waals surface area contributed by atoms with Gasteiger partial charge in [-0.2, -0.15) is 0 Å². The van der Waals surface area contributed by atoms with Crippen LogP contribution in [0.1, 0.15) is 28.4 Å². The monoisotopic (exact) mass is 254 g/mol. The fraction of sp³-hybridized carbons (Fsp3) is 0.333. The molecule has 0 heterocycles. The number of methoxy groups -OCH3 is 1. The lowest BCUT2D eigenvalue weighted by atomic mass is 9.99. The summed E-state index contributed by atoms with van der Waals surface area (Å²) < 4.78 is 4.35. The molecule has 0 aliphatic rings. The van der Waals surface area contributed by atoms with E-state index in [9.17, 15) is 24.9 Å². The van der Waals surface area contributed by atoms with Crippen LogP contribution in [-0.2, 0) is 9.53 Å². The number of aromatic hydroxyl groups is 1. The van der Waals surface area contributed by atoms with Crippen LogP contribution in [-0.4, -0.2) is 40.8 Å². The van der Waals surface area contributed by atoms with Crippen molar-refractivity contribution in [3.63, 3.8) is 0 Å². The molecule has 0 amide bonds. The first-order chi connectivity index (χ1) is 8.49. The number of rotatable bonds is 5. The Morgan fingerprint density at radius 1 is 1.44 bits per heavy atom. The predicted octanol–water partition coefficient (Wildman–Crippen LogP) is 0.162. The molecule has 1 rings (SSSR count). The predicted molar refractivity (Wildman–Crippen MR) is 61.1 cm³/mol. The Kier molecular flexibility index (Phi) is 4.82. The van der Waals surface area contributed by atoms with E-state index in [1.54, 1.807) is 0 Å². The Hall–Kier alpha value is -1.92. The van der Waals surface area contributed by atoms with Gasteiger partial charge in [-0.05, 0) is 18.2 Å². The molecular weight excluding hydrogens is 240 g/mol. The minimum atomic E-state index is -1.48. The first-order valence-electron chi connectivity index (χ1n) is 5.20. The molecule has 2 atom stereocenters. The van der Waals surface area contributed by atoms with Crippen LogP contribution in [0, 0.1) is 0 Å². The molecule has 18 heavy (non-hydrogen) atoms. The van der Waals surface area contributed by atoms with Crippen LogP contribution in [0.2, 0.25) is 0 Å². The number of aliphatic hydroxyl groups is 2. The summed E-state index contributed by atoms with van der Waals surface area (Å²) in [5.74, 6) is -0.954. The van der Waals surface area contributed by atoms with Crippen LogP contribution >= 0.6 is 0 Å². The van der Waals surface area contributed by atoms with Gasteiger partial charge in [0.05, 0.1) is 19.6 Å². The van der Waals surface area contributed by atoms with E-state index in [0.717, 1.165) is 7.11 Å². The van der Waals surface area contributed by atoms with Crippen LogP contribution in [0.3, 0.4) is 0 Å². The topological polar surface area (TPSA) is 104 Å². The summed E-state index contributed by atoms with van der Waals surface area (Å²) in [6.45, 7) is 0. The van der Waals surface area contributed by atoms with E-state index in [1.165, 1.54) is 18.2 Å². The van der Waals surface area contributed by atoms with E-state index in [4.69, 9.17) is 0 Å².